The molecule has 3 heterocycles. The van der Waals surface area contributed by atoms with Gasteiger partial charge in [0.25, 0.3) is 0 Å². The summed E-state index contributed by atoms with van der Waals surface area (Å²) in [5, 5.41) is 3.49. The molecule has 1 unspecified atom stereocenters. The standard InChI is InChI=1S/C13H20N4/c1-2-9-17(8-1)10-13-15-7-5-12(16-13)11-4-3-6-14-11/h5,7,11,14H,1-4,6,8-10H2. The van der Waals surface area contributed by atoms with Gasteiger partial charge >= 0.3 is 0 Å². The van der Waals surface area contributed by atoms with Gasteiger partial charge in [0.2, 0.25) is 0 Å². The smallest absolute Gasteiger partial charge is 0.142 e. The Morgan fingerprint density at radius 1 is 1.29 bits per heavy atom. The average molecular weight is 232 g/mol. The lowest BCUT2D eigenvalue weighted by molar-refractivity contribution is 0.321. The number of hydrogen-bond donors (Lipinski definition) is 1. The molecule has 1 aromatic rings. The third-order valence-electron chi connectivity index (χ3n) is 3.71. The van der Waals surface area contributed by atoms with Gasteiger partial charge in [-0.2, -0.15) is 0 Å². The van der Waals surface area contributed by atoms with E-state index in [1.165, 1.54) is 44.5 Å². The molecule has 0 aromatic carbocycles. The summed E-state index contributed by atoms with van der Waals surface area (Å²) in [6, 6.07) is 2.51. The molecule has 0 aliphatic carbocycles. The molecular formula is C13H20N4. The molecule has 2 aliphatic rings. The zero-order chi connectivity index (χ0) is 11.5. The Morgan fingerprint density at radius 2 is 2.18 bits per heavy atom. The second-order valence-corrected chi connectivity index (χ2v) is 5.03. The summed E-state index contributed by atoms with van der Waals surface area (Å²) in [7, 11) is 0. The summed E-state index contributed by atoms with van der Waals surface area (Å²) in [6.07, 6.45) is 7.03. The summed E-state index contributed by atoms with van der Waals surface area (Å²) in [5.74, 6) is 0.984. The van der Waals surface area contributed by atoms with Crippen molar-refractivity contribution in [3.05, 3.63) is 23.8 Å². The third kappa shape index (κ3) is 2.64. The Balaban J connectivity index is 1.69. The zero-order valence-electron chi connectivity index (χ0n) is 10.2. The Kier molecular flexibility index (Phi) is 3.34. The van der Waals surface area contributed by atoms with Crippen LogP contribution in [-0.2, 0) is 6.54 Å². The van der Waals surface area contributed by atoms with Crippen LogP contribution in [0.1, 0.15) is 43.2 Å². The minimum atomic E-state index is 0.454. The number of nitrogens with one attached hydrogen (secondary N) is 1. The molecule has 0 saturated carbocycles. The van der Waals surface area contributed by atoms with E-state index in [9.17, 15) is 0 Å². The maximum Gasteiger partial charge on any atom is 0.142 e. The number of rotatable bonds is 3. The van der Waals surface area contributed by atoms with Crippen LogP contribution >= 0.6 is 0 Å². The summed E-state index contributed by atoms with van der Waals surface area (Å²) >= 11 is 0. The fraction of sp³-hybridized carbons (Fsp3) is 0.692. The van der Waals surface area contributed by atoms with Gasteiger partial charge in [-0.25, -0.2) is 9.97 Å². The van der Waals surface area contributed by atoms with Gasteiger partial charge in [-0.1, -0.05) is 0 Å². The number of likely N-dealkylation sites (tertiary alicyclic amines) is 1. The average Bonchev–Trinajstić information content (AvgIpc) is 3.01. The minimum Gasteiger partial charge on any atom is -0.309 e. The Hall–Kier alpha value is -1.00. The first-order chi connectivity index (χ1) is 8.42. The summed E-state index contributed by atoms with van der Waals surface area (Å²) in [5.41, 5.74) is 1.17. The van der Waals surface area contributed by atoms with Crippen molar-refractivity contribution in [1.29, 1.82) is 0 Å². The van der Waals surface area contributed by atoms with Gasteiger partial charge < -0.3 is 5.32 Å². The maximum atomic E-state index is 4.70. The second kappa shape index (κ2) is 5.10. The number of nitrogens with zero attached hydrogens (tertiary/aromatic N) is 3. The molecule has 17 heavy (non-hydrogen) atoms. The fourth-order valence-electron chi connectivity index (χ4n) is 2.76. The van der Waals surface area contributed by atoms with E-state index in [0.717, 1.165) is 18.9 Å². The van der Waals surface area contributed by atoms with Gasteiger partial charge in [0.1, 0.15) is 5.82 Å². The van der Waals surface area contributed by atoms with Crippen molar-refractivity contribution >= 4 is 0 Å². The Labute approximate surface area is 102 Å². The van der Waals surface area contributed by atoms with Gasteiger partial charge in [0.05, 0.1) is 12.2 Å². The first kappa shape index (κ1) is 11.1. The van der Waals surface area contributed by atoms with Crippen LogP contribution < -0.4 is 5.32 Å². The molecule has 92 valence electrons. The highest BCUT2D eigenvalue weighted by atomic mass is 15.2. The normalized spacial score (nSPS) is 25.5. The highest BCUT2D eigenvalue weighted by molar-refractivity contribution is 5.09. The van der Waals surface area contributed by atoms with Crippen LogP contribution in [0.2, 0.25) is 0 Å². The van der Waals surface area contributed by atoms with E-state index < -0.39 is 0 Å². The number of hydrogen-bond acceptors (Lipinski definition) is 4. The van der Waals surface area contributed by atoms with E-state index in [0.29, 0.717) is 6.04 Å². The lowest BCUT2D eigenvalue weighted by Gasteiger charge is -2.15. The highest BCUT2D eigenvalue weighted by Gasteiger charge is 2.19. The molecule has 1 atom stereocenters. The summed E-state index contributed by atoms with van der Waals surface area (Å²) < 4.78 is 0. The molecule has 4 heteroatoms. The topological polar surface area (TPSA) is 41.1 Å². The van der Waals surface area contributed by atoms with Crippen molar-refractivity contribution in [3.63, 3.8) is 0 Å². The van der Waals surface area contributed by atoms with E-state index in [1.54, 1.807) is 0 Å². The molecule has 0 radical (unpaired) electrons. The van der Waals surface area contributed by atoms with Crippen LogP contribution in [0.5, 0.6) is 0 Å². The maximum absolute atomic E-state index is 4.70. The SMILES string of the molecule is c1cc(C2CCCN2)nc(CN2CCCC2)n1. The quantitative estimate of drug-likeness (QED) is 0.857. The number of aromatic nitrogens is 2. The lowest BCUT2D eigenvalue weighted by Crippen LogP contribution is -2.21. The van der Waals surface area contributed by atoms with E-state index >= 15 is 0 Å². The van der Waals surface area contributed by atoms with Crippen molar-refractivity contribution < 1.29 is 0 Å². The van der Waals surface area contributed by atoms with Crippen molar-refractivity contribution in [1.82, 2.24) is 20.2 Å². The molecule has 4 nitrogen and oxygen atoms in total. The highest BCUT2D eigenvalue weighted by Crippen LogP contribution is 2.21. The summed E-state index contributed by atoms with van der Waals surface area (Å²) in [6.45, 7) is 4.45. The van der Waals surface area contributed by atoms with Crippen LogP contribution in [-0.4, -0.2) is 34.5 Å². The van der Waals surface area contributed by atoms with Gasteiger partial charge in [0.15, 0.2) is 0 Å². The molecule has 1 aromatic heterocycles. The van der Waals surface area contributed by atoms with E-state index in [1.807, 2.05) is 6.20 Å². The molecule has 2 fully saturated rings. The van der Waals surface area contributed by atoms with Crippen molar-refractivity contribution in [2.24, 2.45) is 0 Å². The van der Waals surface area contributed by atoms with Gasteiger partial charge in [-0.05, 0) is 51.4 Å². The molecule has 1 N–H and O–H groups in total. The minimum absolute atomic E-state index is 0.454. The van der Waals surface area contributed by atoms with Gasteiger partial charge in [0, 0.05) is 12.2 Å². The van der Waals surface area contributed by atoms with E-state index in [-0.39, 0.29) is 0 Å². The van der Waals surface area contributed by atoms with Crippen LogP contribution in [0.25, 0.3) is 0 Å². The first-order valence-corrected chi connectivity index (χ1v) is 6.69. The van der Waals surface area contributed by atoms with E-state index in [2.05, 4.69) is 21.3 Å². The van der Waals surface area contributed by atoms with Crippen LogP contribution in [0.15, 0.2) is 12.3 Å². The fourth-order valence-corrected chi connectivity index (χ4v) is 2.76. The lowest BCUT2D eigenvalue weighted by atomic mass is 10.1. The summed E-state index contributed by atoms with van der Waals surface area (Å²) in [4.78, 5) is 11.5. The predicted molar refractivity (Wildman–Crippen MR) is 66.5 cm³/mol. The molecule has 0 bridgehead atoms. The van der Waals surface area contributed by atoms with E-state index in [4.69, 9.17) is 4.98 Å². The third-order valence-corrected chi connectivity index (χ3v) is 3.71. The molecular weight excluding hydrogens is 212 g/mol. The van der Waals surface area contributed by atoms with Crippen molar-refractivity contribution in [2.45, 2.75) is 38.3 Å². The predicted octanol–water partition coefficient (Wildman–Crippen LogP) is 1.50. The van der Waals surface area contributed by atoms with Crippen molar-refractivity contribution in [3.8, 4) is 0 Å². The van der Waals surface area contributed by atoms with Crippen LogP contribution in [0.4, 0.5) is 0 Å². The molecule has 2 saturated heterocycles. The van der Waals surface area contributed by atoms with Gasteiger partial charge in [-0.15, -0.1) is 0 Å². The zero-order valence-corrected chi connectivity index (χ0v) is 10.2. The van der Waals surface area contributed by atoms with Crippen LogP contribution in [0, 0.1) is 0 Å². The second-order valence-electron chi connectivity index (χ2n) is 5.03. The van der Waals surface area contributed by atoms with Gasteiger partial charge in [-0.3, -0.25) is 4.90 Å². The Morgan fingerprint density at radius 3 is 2.94 bits per heavy atom. The molecule has 2 aliphatic heterocycles. The molecule has 0 amide bonds. The first-order valence-electron chi connectivity index (χ1n) is 6.69. The largest absolute Gasteiger partial charge is 0.309 e. The van der Waals surface area contributed by atoms with Crippen molar-refractivity contribution in [2.75, 3.05) is 19.6 Å². The molecule has 0 spiro atoms. The molecule has 3 rings (SSSR count). The monoisotopic (exact) mass is 232 g/mol. The Bertz CT molecular complexity index is 367. The van der Waals surface area contributed by atoms with Crippen LogP contribution in [0.3, 0.4) is 0 Å².